The molecule has 0 saturated heterocycles. The van der Waals surface area contributed by atoms with Gasteiger partial charge in [0, 0.05) is 33.5 Å². The standard InChI is InChI=1S/C13H17NO3.C10H10O4.C9H10INO2.H5P3.H4P2.H3P/c1-4-14(5-2)13(16)11-8-6-7-9-12(11)17-10(3)15;1-7(11)14-9-6-4-3-5-8(9)10(12)13-2;1-2-11-9(12)13-8-6-4-3-5-7(8)10;1-3-2;1-2;/h6-9H,4-5H2,1-3H3;3-6H,1-2H3;3-6H,2H2,1H3,(H,11,12);3H,1-2H2;1-2H2;1H3. The number of benzene rings is 3. The second-order valence-electron chi connectivity index (χ2n) is 8.67. The Morgan fingerprint density at radius 1 is 0.720 bits per heavy atom. The van der Waals surface area contributed by atoms with Crippen molar-refractivity contribution in [2.45, 2.75) is 34.6 Å². The molecule has 3 aromatic rings. The van der Waals surface area contributed by atoms with Gasteiger partial charge < -0.3 is 29.2 Å². The van der Waals surface area contributed by atoms with Crippen LogP contribution in [0.25, 0.3) is 0 Å². The summed E-state index contributed by atoms with van der Waals surface area (Å²) >= 11 is 2.12. The zero-order chi connectivity index (χ0) is 37.8. The molecule has 278 valence electrons. The van der Waals surface area contributed by atoms with Gasteiger partial charge in [0.15, 0.2) is 0 Å². The van der Waals surface area contributed by atoms with Crippen molar-refractivity contribution in [3.63, 3.8) is 0 Å². The van der Waals surface area contributed by atoms with Gasteiger partial charge in [-0.3, -0.25) is 14.4 Å². The molecular formula is C32H49IN2O9P6. The number of halogens is 1. The van der Waals surface area contributed by atoms with E-state index in [0.29, 0.717) is 36.7 Å². The van der Waals surface area contributed by atoms with Gasteiger partial charge in [0.05, 0.1) is 16.2 Å². The third-order valence-corrected chi connectivity index (χ3v) is 6.22. The fourth-order valence-electron chi connectivity index (χ4n) is 3.37. The monoisotopic (exact) mass is 918 g/mol. The summed E-state index contributed by atoms with van der Waals surface area (Å²) < 4.78 is 20.3. The van der Waals surface area contributed by atoms with E-state index in [4.69, 9.17) is 14.2 Å². The Morgan fingerprint density at radius 2 is 1.12 bits per heavy atom. The Kier molecular flexibility index (Phi) is 34.6. The summed E-state index contributed by atoms with van der Waals surface area (Å²) in [4.78, 5) is 57.7. The molecule has 0 heterocycles. The second-order valence-corrected chi connectivity index (χ2v) is 14.2. The zero-order valence-electron chi connectivity index (χ0n) is 29.1. The minimum atomic E-state index is -0.526. The van der Waals surface area contributed by atoms with Crippen LogP contribution in [0.5, 0.6) is 17.2 Å². The number of para-hydroxylation sites is 3. The molecule has 3 rings (SSSR count). The average Bonchev–Trinajstić information content (AvgIpc) is 3.08. The van der Waals surface area contributed by atoms with Gasteiger partial charge in [-0.25, -0.2) is 9.59 Å². The highest BCUT2D eigenvalue weighted by Gasteiger charge is 2.18. The summed E-state index contributed by atoms with van der Waals surface area (Å²) in [6.07, 6.45) is -0.411. The maximum absolute atomic E-state index is 12.1. The first-order valence-electron chi connectivity index (χ1n) is 14.5. The van der Waals surface area contributed by atoms with Crippen LogP contribution >= 0.6 is 76.2 Å². The molecule has 0 fully saturated rings. The summed E-state index contributed by atoms with van der Waals surface area (Å²) in [7, 11) is 12.0. The third kappa shape index (κ3) is 22.8. The number of rotatable bonds is 8. The predicted molar refractivity (Wildman–Crippen MR) is 231 cm³/mol. The molecular weight excluding hydrogens is 869 g/mol. The van der Waals surface area contributed by atoms with E-state index in [1.54, 1.807) is 47.4 Å². The average molecular weight is 918 g/mol. The first-order chi connectivity index (χ1) is 23.4. The highest BCUT2D eigenvalue weighted by atomic mass is 127. The SMILES string of the molecule is CCN(CC)C(=O)c1ccccc1OC(C)=O.CCNC(=O)Oc1ccccc1I.COC(=O)c1ccccc1OC(C)=O.P.PP.PPP. The van der Waals surface area contributed by atoms with E-state index in [-0.39, 0.29) is 27.1 Å². The van der Waals surface area contributed by atoms with Crippen molar-refractivity contribution in [3.8, 4) is 17.2 Å². The van der Waals surface area contributed by atoms with Crippen molar-refractivity contribution in [2.24, 2.45) is 0 Å². The molecule has 0 bridgehead atoms. The van der Waals surface area contributed by atoms with Gasteiger partial charge >= 0.3 is 24.0 Å². The Hall–Kier alpha value is -1.88. The first kappa shape index (κ1) is 52.5. The van der Waals surface area contributed by atoms with Gasteiger partial charge in [0.2, 0.25) is 0 Å². The van der Waals surface area contributed by atoms with Gasteiger partial charge in [-0.1, -0.05) is 44.4 Å². The fraction of sp³-hybridized carbons (Fsp3) is 0.281. The number of nitrogens with one attached hydrogen (secondary N) is 1. The molecule has 11 nitrogen and oxygen atoms in total. The summed E-state index contributed by atoms with van der Waals surface area (Å²) in [5, 5.41) is 2.56. The van der Waals surface area contributed by atoms with Gasteiger partial charge in [0.25, 0.3) is 5.91 Å². The topological polar surface area (TPSA) is 138 Å². The minimum Gasteiger partial charge on any atom is -0.465 e. The van der Waals surface area contributed by atoms with E-state index in [0.717, 1.165) is 11.5 Å². The van der Waals surface area contributed by atoms with Crippen LogP contribution in [-0.2, 0) is 14.3 Å². The number of ether oxygens (including phenoxy) is 4. The normalized spacial score (nSPS) is 8.86. The van der Waals surface area contributed by atoms with Gasteiger partial charge in [0.1, 0.15) is 22.8 Å². The van der Waals surface area contributed by atoms with Crippen molar-refractivity contribution in [1.29, 1.82) is 0 Å². The lowest BCUT2D eigenvalue weighted by atomic mass is 10.1. The number of amides is 2. The van der Waals surface area contributed by atoms with Crippen LogP contribution in [0.2, 0.25) is 0 Å². The summed E-state index contributed by atoms with van der Waals surface area (Å²) in [6, 6.07) is 20.6. The predicted octanol–water partition coefficient (Wildman–Crippen LogP) is 7.85. The number of methoxy groups -OCH3 is 1. The lowest BCUT2D eigenvalue weighted by molar-refractivity contribution is -0.132. The summed E-state index contributed by atoms with van der Waals surface area (Å²) in [6.45, 7) is 10.1. The Morgan fingerprint density at radius 3 is 1.52 bits per heavy atom. The molecule has 0 aromatic heterocycles. The van der Waals surface area contributed by atoms with Crippen LogP contribution in [0.4, 0.5) is 4.79 Å². The van der Waals surface area contributed by atoms with Crippen molar-refractivity contribution in [1.82, 2.24) is 10.2 Å². The van der Waals surface area contributed by atoms with Gasteiger partial charge in [-0.2, -0.15) is 9.90 Å². The van der Waals surface area contributed by atoms with Crippen molar-refractivity contribution in [3.05, 3.63) is 87.5 Å². The Bertz CT molecular complexity index is 1450. The van der Waals surface area contributed by atoms with E-state index in [1.807, 2.05) is 39.0 Å². The molecule has 0 radical (unpaired) electrons. The molecule has 2 amide bonds. The van der Waals surface area contributed by atoms with Crippen molar-refractivity contribution >= 4 is 106 Å². The molecule has 3 aromatic carbocycles. The molecule has 0 spiro atoms. The Labute approximate surface area is 323 Å². The van der Waals surface area contributed by atoms with Crippen LogP contribution in [0.1, 0.15) is 55.3 Å². The van der Waals surface area contributed by atoms with Gasteiger partial charge in [-0.05, 0) is 79.8 Å². The van der Waals surface area contributed by atoms with E-state index >= 15 is 0 Å². The van der Waals surface area contributed by atoms with Gasteiger partial charge in [-0.15, -0.1) is 35.7 Å². The molecule has 0 aliphatic heterocycles. The zero-order valence-corrected chi connectivity index (χ0v) is 38.3. The van der Waals surface area contributed by atoms with Crippen LogP contribution in [0, 0.1) is 3.57 Å². The van der Waals surface area contributed by atoms with Crippen molar-refractivity contribution in [2.75, 3.05) is 26.7 Å². The van der Waals surface area contributed by atoms with E-state index in [2.05, 4.69) is 68.4 Å². The minimum absolute atomic E-state index is 0. The second kappa shape index (κ2) is 33.0. The summed E-state index contributed by atoms with van der Waals surface area (Å²) in [5.41, 5.74) is 0.664. The maximum Gasteiger partial charge on any atom is 0.412 e. The number of carbonyl (C=O) groups is 5. The maximum atomic E-state index is 12.1. The largest absolute Gasteiger partial charge is 0.465 e. The highest BCUT2D eigenvalue weighted by Crippen LogP contribution is 2.28. The number of carbonyl (C=O) groups excluding carboxylic acids is 5. The number of hydrogen-bond acceptors (Lipinski definition) is 9. The smallest absolute Gasteiger partial charge is 0.412 e. The van der Waals surface area contributed by atoms with E-state index in [1.165, 1.54) is 33.1 Å². The highest BCUT2D eigenvalue weighted by molar-refractivity contribution is 14.1. The van der Waals surface area contributed by atoms with E-state index in [9.17, 15) is 24.0 Å². The fourth-order valence-corrected chi connectivity index (χ4v) is 3.86. The molecule has 0 saturated carbocycles. The van der Waals surface area contributed by atoms with Crippen LogP contribution in [-0.4, -0.2) is 61.6 Å². The van der Waals surface area contributed by atoms with Crippen molar-refractivity contribution < 1.29 is 42.9 Å². The van der Waals surface area contributed by atoms with Crippen LogP contribution < -0.4 is 19.5 Å². The summed E-state index contributed by atoms with van der Waals surface area (Å²) in [5.74, 6) is -0.419. The molecule has 5 atom stereocenters. The number of nitrogens with zero attached hydrogens (tertiary/aromatic N) is 1. The number of hydrogen-bond donors (Lipinski definition) is 1. The lowest BCUT2D eigenvalue weighted by Crippen LogP contribution is -2.30. The molecule has 5 unspecified atom stereocenters. The van der Waals surface area contributed by atoms with Crippen LogP contribution in [0.15, 0.2) is 72.8 Å². The van der Waals surface area contributed by atoms with E-state index < -0.39 is 24.0 Å². The van der Waals surface area contributed by atoms with Crippen LogP contribution in [0.3, 0.4) is 0 Å². The Balaban J connectivity index is -0.000000620. The number of esters is 3. The molecule has 18 heteroatoms. The third-order valence-electron chi connectivity index (χ3n) is 5.33. The lowest BCUT2D eigenvalue weighted by Gasteiger charge is -2.19. The molecule has 0 aliphatic carbocycles. The molecule has 50 heavy (non-hydrogen) atoms. The molecule has 1 N–H and O–H groups in total. The first-order valence-corrected chi connectivity index (χ1v) is 22.9. The molecule has 0 aliphatic rings. The quantitative estimate of drug-likeness (QED) is 0.104.